The molecule has 0 atom stereocenters. The lowest BCUT2D eigenvalue weighted by Crippen LogP contribution is -1.95. The maximum atomic E-state index is 10.8. The lowest BCUT2D eigenvalue weighted by molar-refractivity contribution is -0.384. The van der Waals surface area contributed by atoms with Crippen LogP contribution in [-0.2, 0) is 6.42 Å². The van der Waals surface area contributed by atoms with Crippen LogP contribution in [0, 0.1) is 10.1 Å². The van der Waals surface area contributed by atoms with Gasteiger partial charge >= 0.3 is 0 Å². The SMILES string of the molecule is O=[N+]([O-])c1ccc(Cc2csc3nc4ccccc4n23)c(Cl)c1. The first-order valence-electron chi connectivity index (χ1n) is 6.90. The molecule has 0 amide bonds. The van der Waals surface area contributed by atoms with Gasteiger partial charge in [0, 0.05) is 29.6 Å². The zero-order chi connectivity index (χ0) is 16.0. The Balaban J connectivity index is 1.80. The average Bonchev–Trinajstić information content (AvgIpc) is 3.09. The van der Waals surface area contributed by atoms with E-state index in [1.807, 2.05) is 29.6 Å². The van der Waals surface area contributed by atoms with Crippen molar-refractivity contribution in [3.63, 3.8) is 0 Å². The topological polar surface area (TPSA) is 60.4 Å². The van der Waals surface area contributed by atoms with Crippen LogP contribution in [0.2, 0.25) is 5.02 Å². The summed E-state index contributed by atoms with van der Waals surface area (Å²) in [7, 11) is 0. The molecule has 4 rings (SSSR count). The standard InChI is InChI=1S/C16H10ClN3O2S/c17-13-8-11(20(21)22)6-5-10(13)7-12-9-23-16-18-14-3-1-2-4-15(14)19(12)16/h1-6,8-9H,7H2. The molecule has 2 heterocycles. The molecule has 5 nitrogen and oxygen atoms in total. The molecule has 7 heteroatoms. The summed E-state index contributed by atoms with van der Waals surface area (Å²) in [4.78, 5) is 15.9. The van der Waals surface area contributed by atoms with E-state index in [4.69, 9.17) is 11.6 Å². The van der Waals surface area contributed by atoms with E-state index in [9.17, 15) is 10.1 Å². The fraction of sp³-hybridized carbons (Fsp3) is 0.0625. The summed E-state index contributed by atoms with van der Waals surface area (Å²) in [5.74, 6) is 0. The number of thiazole rings is 1. The van der Waals surface area contributed by atoms with Crippen molar-refractivity contribution in [2.75, 3.05) is 0 Å². The molecule has 23 heavy (non-hydrogen) atoms. The molecule has 0 saturated heterocycles. The molecule has 0 fully saturated rings. The van der Waals surface area contributed by atoms with Crippen molar-refractivity contribution in [1.82, 2.24) is 9.38 Å². The van der Waals surface area contributed by atoms with Gasteiger partial charge in [-0.3, -0.25) is 14.5 Å². The molecule has 0 radical (unpaired) electrons. The highest BCUT2D eigenvalue weighted by Gasteiger charge is 2.14. The number of imidazole rings is 1. The van der Waals surface area contributed by atoms with E-state index in [2.05, 4.69) is 9.38 Å². The van der Waals surface area contributed by atoms with E-state index < -0.39 is 4.92 Å². The molecule has 2 aromatic heterocycles. The molecule has 0 saturated carbocycles. The van der Waals surface area contributed by atoms with E-state index in [-0.39, 0.29) is 5.69 Å². The molecule has 0 bridgehead atoms. The van der Waals surface area contributed by atoms with Crippen molar-refractivity contribution in [2.45, 2.75) is 6.42 Å². The zero-order valence-corrected chi connectivity index (χ0v) is 13.3. The van der Waals surface area contributed by atoms with Crippen molar-refractivity contribution < 1.29 is 4.92 Å². The molecule has 0 aliphatic rings. The van der Waals surface area contributed by atoms with Gasteiger partial charge in [0.15, 0.2) is 4.96 Å². The Labute approximate surface area is 139 Å². The Morgan fingerprint density at radius 2 is 2.09 bits per heavy atom. The van der Waals surface area contributed by atoms with Gasteiger partial charge in [-0.1, -0.05) is 29.8 Å². The number of nitro groups is 1. The largest absolute Gasteiger partial charge is 0.287 e. The molecule has 0 aliphatic carbocycles. The summed E-state index contributed by atoms with van der Waals surface area (Å²) in [6.07, 6.45) is 0.594. The predicted octanol–water partition coefficient (Wildman–Crippen LogP) is 4.70. The van der Waals surface area contributed by atoms with Crippen molar-refractivity contribution in [3.8, 4) is 0 Å². The van der Waals surface area contributed by atoms with Crippen LogP contribution in [0.3, 0.4) is 0 Å². The van der Waals surface area contributed by atoms with Crippen LogP contribution in [0.5, 0.6) is 0 Å². The first-order chi connectivity index (χ1) is 11.1. The van der Waals surface area contributed by atoms with Crippen molar-refractivity contribution in [2.24, 2.45) is 0 Å². The minimum atomic E-state index is -0.443. The fourth-order valence-electron chi connectivity index (χ4n) is 2.64. The van der Waals surface area contributed by atoms with Crippen LogP contribution in [0.15, 0.2) is 47.8 Å². The second-order valence-electron chi connectivity index (χ2n) is 5.16. The number of non-ortho nitro benzene ring substituents is 1. The molecular formula is C16H10ClN3O2S. The number of nitro benzene ring substituents is 1. The fourth-order valence-corrected chi connectivity index (χ4v) is 3.79. The number of benzene rings is 2. The van der Waals surface area contributed by atoms with Gasteiger partial charge in [-0.15, -0.1) is 11.3 Å². The van der Waals surface area contributed by atoms with E-state index in [1.54, 1.807) is 17.4 Å². The van der Waals surface area contributed by atoms with E-state index in [1.165, 1.54) is 12.1 Å². The highest BCUT2D eigenvalue weighted by molar-refractivity contribution is 7.15. The summed E-state index contributed by atoms with van der Waals surface area (Å²) in [5, 5.41) is 13.3. The maximum Gasteiger partial charge on any atom is 0.270 e. The monoisotopic (exact) mass is 343 g/mol. The summed E-state index contributed by atoms with van der Waals surface area (Å²) in [6.45, 7) is 0. The molecule has 114 valence electrons. The Bertz CT molecular complexity index is 1050. The van der Waals surface area contributed by atoms with E-state index >= 15 is 0 Å². The quantitative estimate of drug-likeness (QED) is 0.400. The summed E-state index contributed by atoms with van der Waals surface area (Å²) in [5.41, 5.74) is 3.93. The predicted molar refractivity (Wildman–Crippen MR) is 91.5 cm³/mol. The lowest BCUT2D eigenvalue weighted by atomic mass is 10.1. The van der Waals surface area contributed by atoms with Crippen molar-refractivity contribution in [1.29, 1.82) is 0 Å². The van der Waals surface area contributed by atoms with Crippen molar-refractivity contribution >= 4 is 44.6 Å². The molecule has 0 N–H and O–H groups in total. The van der Waals surface area contributed by atoms with Crippen LogP contribution in [0.25, 0.3) is 16.0 Å². The third-order valence-electron chi connectivity index (χ3n) is 3.74. The molecule has 0 spiro atoms. The summed E-state index contributed by atoms with van der Waals surface area (Å²) in [6, 6.07) is 12.6. The zero-order valence-electron chi connectivity index (χ0n) is 11.8. The smallest absolute Gasteiger partial charge is 0.270 e. The van der Waals surface area contributed by atoms with Crippen LogP contribution < -0.4 is 0 Å². The second-order valence-corrected chi connectivity index (χ2v) is 6.40. The Kier molecular flexibility index (Phi) is 3.28. The first kappa shape index (κ1) is 14.2. The lowest BCUT2D eigenvalue weighted by Gasteiger charge is -2.04. The van der Waals surface area contributed by atoms with Gasteiger partial charge in [-0.25, -0.2) is 4.98 Å². The second kappa shape index (κ2) is 5.33. The average molecular weight is 344 g/mol. The maximum absolute atomic E-state index is 10.8. The van der Waals surface area contributed by atoms with Crippen LogP contribution in [0.4, 0.5) is 5.69 Å². The number of halogens is 1. The van der Waals surface area contributed by atoms with Crippen LogP contribution in [0.1, 0.15) is 11.3 Å². The van der Waals surface area contributed by atoms with Gasteiger partial charge in [0.05, 0.1) is 21.0 Å². The van der Waals surface area contributed by atoms with Gasteiger partial charge in [0.2, 0.25) is 0 Å². The van der Waals surface area contributed by atoms with Gasteiger partial charge in [0.1, 0.15) is 0 Å². The van der Waals surface area contributed by atoms with Gasteiger partial charge < -0.3 is 0 Å². The highest BCUT2D eigenvalue weighted by atomic mass is 35.5. The number of hydrogen-bond donors (Lipinski definition) is 0. The molecule has 0 aliphatic heterocycles. The Morgan fingerprint density at radius 3 is 2.87 bits per heavy atom. The van der Waals surface area contributed by atoms with E-state index in [0.717, 1.165) is 27.3 Å². The minimum Gasteiger partial charge on any atom is -0.287 e. The number of nitrogens with zero attached hydrogens (tertiary/aromatic N) is 3. The van der Waals surface area contributed by atoms with Gasteiger partial charge in [-0.05, 0) is 17.7 Å². The minimum absolute atomic E-state index is 0.00213. The number of fused-ring (bicyclic) bond motifs is 3. The third-order valence-corrected chi connectivity index (χ3v) is 4.96. The van der Waals surface area contributed by atoms with Crippen molar-refractivity contribution in [3.05, 3.63) is 74.2 Å². The van der Waals surface area contributed by atoms with Crippen LogP contribution in [-0.4, -0.2) is 14.3 Å². The van der Waals surface area contributed by atoms with Crippen LogP contribution >= 0.6 is 22.9 Å². The third kappa shape index (κ3) is 2.36. The van der Waals surface area contributed by atoms with Gasteiger partial charge in [0.25, 0.3) is 5.69 Å². The molecular weight excluding hydrogens is 334 g/mol. The molecule has 4 aromatic rings. The molecule has 0 unspecified atom stereocenters. The number of rotatable bonds is 3. The summed E-state index contributed by atoms with van der Waals surface area (Å²) >= 11 is 7.78. The Morgan fingerprint density at radius 1 is 1.26 bits per heavy atom. The molecule has 2 aromatic carbocycles. The number of hydrogen-bond acceptors (Lipinski definition) is 4. The Hall–Kier alpha value is -2.44. The first-order valence-corrected chi connectivity index (χ1v) is 8.15. The van der Waals surface area contributed by atoms with Gasteiger partial charge in [-0.2, -0.15) is 0 Å². The number of para-hydroxylation sites is 2. The number of aromatic nitrogens is 2. The highest BCUT2D eigenvalue weighted by Crippen LogP contribution is 2.28. The normalized spacial score (nSPS) is 11.3. The van der Waals surface area contributed by atoms with E-state index in [0.29, 0.717) is 11.4 Å². The summed E-state index contributed by atoms with van der Waals surface area (Å²) < 4.78 is 2.11.